The lowest BCUT2D eigenvalue weighted by Gasteiger charge is -2.19. The molecule has 17 heavy (non-hydrogen) atoms. The topological polar surface area (TPSA) is 130 Å². The average molecular weight is 238 g/mol. The van der Waals surface area contributed by atoms with Crippen molar-refractivity contribution in [1.82, 2.24) is 0 Å². The number of hydrogen-bond acceptors (Lipinski definition) is 5. The van der Waals surface area contributed by atoms with Crippen LogP contribution in [0.4, 0.5) is 5.69 Å². The summed E-state index contributed by atoms with van der Waals surface area (Å²) < 4.78 is 0. The summed E-state index contributed by atoms with van der Waals surface area (Å²) in [5, 5.41) is 26.8. The van der Waals surface area contributed by atoms with Crippen LogP contribution in [0.3, 0.4) is 0 Å². The molecule has 0 saturated heterocycles. The molecule has 0 saturated carbocycles. The highest BCUT2D eigenvalue weighted by Crippen LogP contribution is 2.13. The van der Waals surface area contributed by atoms with Gasteiger partial charge in [0.25, 0.3) is 0 Å². The summed E-state index contributed by atoms with van der Waals surface area (Å²) in [6, 6.07) is 4.50. The van der Waals surface area contributed by atoms with E-state index in [4.69, 9.17) is 26.6 Å². The highest BCUT2D eigenvalue weighted by molar-refractivity contribution is 6.60. The summed E-state index contributed by atoms with van der Waals surface area (Å²) in [7, 11) is -1.65. The molecule has 0 fully saturated rings. The van der Waals surface area contributed by atoms with Crippen LogP contribution in [-0.4, -0.2) is 33.8 Å². The van der Waals surface area contributed by atoms with Gasteiger partial charge < -0.3 is 26.6 Å². The number of aliphatic carboxylic acids is 1. The van der Waals surface area contributed by atoms with Gasteiger partial charge in [0.1, 0.15) is 5.54 Å². The zero-order valence-electron chi connectivity index (χ0n) is 9.42. The van der Waals surface area contributed by atoms with Crippen LogP contribution < -0.4 is 16.9 Å². The molecule has 0 unspecified atom stereocenters. The molecular formula is C10H15BN2O4. The Balaban J connectivity index is 2.96. The number of hydrogen-bond donors (Lipinski definition) is 5. The lowest BCUT2D eigenvalue weighted by Crippen LogP contribution is -2.46. The molecule has 0 spiro atoms. The molecule has 0 heterocycles. The predicted octanol–water partition coefficient (Wildman–Crippen LogP) is -1.71. The molecule has 1 aromatic carbocycles. The zero-order valence-corrected chi connectivity index (χ0v) is 9.42. The minimum atomic E-state index is -1.65. The molecule has 0 aliphatic rings. The maximum atomic E-state index is 10.8. The Morgan fingerprint density at radius 1 is 1.47 bits per heavy atom. The van der Waals surface area contributed by atoms with Gasteiger partial charge in [0.2, 0.25) is 0 Å². The summed E-state index contributed by atoms with van der Waals surface area (Å²) in [5.41, 5.74) is 10.8. The molecule has 0 aromatic heterocycles. The zero-order chi connectivity index (χ0) is 13.2. The molecule has 1 aromatic rings. The van der Waals surface area contributed by atoms with Gasteiger partial charge >= 0.3 is 13.1 Å². The van der Waals surface area contributed by atoms with Crippen LogP contribution >= 0.6 is 0 Å². The fourth-order valence-electron chi connectivity index (χ4n) is 1.47. The fourth-order valence-corrected chi connectivity index (χ4v) is 1.47. The molecular weight excluding hydrogens is 223 g/mol. The number of carboxylic acid groups (broad SMARTS) is 1. The minimum Gasteiger partial charge on any atom is -0.480 e. The minimum absolute atomic E-state index is 0.105. The van der Waals surface area contributed by atoms with Crippen LogP contribution in [-0.2, 0) is 11.2 Å². The maximum absolute atomic E-state index is 10.8. The first kappa shape index (κ1) is 13.5. The van der Waals surface area contributed by atoms with Crippen LogP contribution in [0, 0.1) is 0 Å². The summed E-state index contributed by atoms with van der Waals surface area (Å²) in [5.74, 6) is -1.11. The monoisotopic (exact) mass is 238 g/mol. The van der Waals surface area contributed by atoms with Gasteiger partial charge in [-0.1, -0.05) is 12.1 Å². The molecule has 6 nitrogen and oxygen atoms in total. The molecule has 0 aliphatic carbocycles. The summed E-state index contributed by atoms with van der Waals surface area (Å²) in [4.78, 5) is 10.8. The van der Waals surface area contributed by atoms with Crippen LogP contribution in [0.15, 0.2) is 18.2 Å². The third kappa shape index (κ3) is 3.19. The first-order valence-corrected chi connectivity index (χ1v) is 5.01. The Labute approximate surface area is 99.0 Å². The van der Waals surface area contributed by atoms with E-state index in [1.165, 1.54) is 19.1 Å². The van der Waals surface area contributed by atoms with Crippen molar-refractivity contribution in [2.75, 3.05) is 5.73 Å². The molecule has 7 heteroatoms. The summed E-state index contributed by atoms with van der Waals surface area (Å²) in [6.45, 7) is 1.40. The van der Waals surface area contributed by atoms with Crippen molar-refractivity contribution in [3.8, 4) is 0 Å². The number of carboxylic acids is 1. The van der Waals surface area contributed by atoms with E-state index in [0.29, 0.717) is 5.56 Å². The number of nitrogens with two attached hydrogens (primary N) is 2. The van der Waals surface area contributed by atoms with Crippen molar-refractivity contribution in [2.45, 2.75) is 18.9 Å². The summed E-state index contributed by atoms with van der Waals surface area (Å²) >= 11 is 0. The normalized spacial score (nSPS) is 14.1. The van der Waals surface area contributed by atoms with Gasteiger partial charge in [-0.25, -0.2) is 0 Å². The maximum Gasteiger partial charge on any atom is 0.490 e. The van der Waals surface area contributed by atoms with E-state index >= 15 is 0 Å². The second-order valence-corrected chi connectivity index (χ2v) is 4.24. The molecule has 0 bridgehead atoms. The van der Waals surface area contributed by atoms with Crippen molar-refractivity contribution >= 4 is 24.2 Å². The smallest absolute Gasteiger partial charge is 0.480 e. The van der Waals surface area contributed by atoms with E-state index in [1.807, 2.05) is 0 Å². The summed E-state index contributed by atoms with van der Waals surface area (Å²) in [6.07, 6.45) is 0.105. The number of anilines is 1. The number of carbonyl (C=O) groups is 1. The SMILES string of the molecule is C[C@](N)(Cc1ccc(B(O)O)c(N)c1)C(=O)O. The Morgan fingerprint density at radius 2 is 2.06 bits per heavy atom. The fraction of sp³-hybridized carbons (Fsp3) is 0.300. The van der Waals surface area contributed by atoms with Gasteiger partial charge in [-0.3, -0.25) is 4.79 Å². The molecule has 92 valence electrons. The number of benzene rings is 1. The second-order valence-electron chi connectivity index (χ2n) is 4.24. The molecule has 7 N–H and O–H groups in total. The van der Waals surface area contributed by atoms with E-state index < -0.39 is 18.6 Å². The Hall–Kier alpha value is -1.57. The second kappa shape index (κ2) is 4.74. The number of nitrogen functional groups attached to an aromatic ring is 1. The van der Waals surface area contributed by atoms with Crippen molar-refractivity contribution < 1.29 is 19.9 Å². The van der Waals surface area contributed by atoms with E-state index in [9.17, 15) is 4.79 Å². The van der Waals surface area contributed by atoms with Gasteiger partial charge in [-0.2, -0.15) is 0 Å². The predicted molar refractivity (Wildman–Crippen MR) is 64.6 cm³/mol. The lowest BCUT2D eigenvalue weighted by molar-refractivity contribution is -0.142. The first-order valence-electron chi connectivity index (χ1n) is 5.01. The van der Waals surface area contributed by atoms with Gasteiger partial charge in [-0.05, 0) is 18.6 Å². The standard InChI is InChI=1S/C10H15BN2O4/c1-10(13,9(14)15)5-6-2-3-7(11(16)17)8(12)4-6/h2-4,16-17H,5,12-13H2,1H3,(H,14,15)/t10-/m0/s1. The lowest BCUT2D eigenvalue weighted by atomic mass is 9.78. The van der Waals surface area contributed by atoms with Crippen molar-refractivity contribution in [2.24, 2.45) is 5.73 Å². The van der Waals surface area contributed by atoms with Gasteiger partial charge in [0.05, 0.1) is 0 Å². The third-order valence-electron chi connectivity index (χ3n) is 2.49. The van der Waals surface area contributed by atoms with Gasteiger partial charge in [0.15, 0.2) is 0 Å². The molecule has 0 aliphatic heterocycles. The highest BCUT2D eigenvalue weighted by Gasteiger charge is 2.28. The van der Waals surface area contributed by atoms with Crippen molar-refractivity contribution in [3.05, 3.63) is 23.8 Å². The third-order valence-corrected chi connectivity index (χ3v) is 2.49. The van der Waals surface area contributed by atoms with E-state index in [1.54, 1.807) is 6.07 Å². The molecule has 0 radical (unpaired) electrons. The van der Waals surface area contributed by atoms with Gasteiger partial charge in [-0.15, -0.1) is 0 Å². The first-order chi connectivity index (χ1) is 7.74. The van der Waals surface area contributed by atoms with E-state index in [2.05, 4.69) is 0 Å². The largest absolute Gasteiger partial charge is 0.490 e. The van der Waals surface area contributed by atoms with Crippen LogP contribution in [0.25, 0.3) is 0 Å². The highest BCUT2D eigenvalue weighted by atomic mass is 16.4. The van der Waals surface area contributed by atoms with Crippen molar-refractivity contribution in [1.29, 1.82) is 0 Å². The Morgan fingerprint density at radius 3 is 2.47 bits per heavy atom. The molecule has 0 amide bonds. The van der Waals surface area contributed by atoms with E-state index in [-0.39, 0.29) is 17.6 Å². The van der Waals surface area contributed by atoms with Crippen LogP contribution in [0.5, 0.6) is 0 Å². The quantitative estimate of drug-likeness (QED) is 0.314. The van der Waals surface area contributed by atoms with Gasteiger partial charge in [0, 0.05) is 17.6 Å². The molecule has 1 rings (SSSR count). The van der Waals surface area contributed by atoms with Crippen LogP contribution in [0.2, 0.25) is 0 Å². The van der Waals surface area contributed by atoms with Crippen molar-refractivity contribution in [3.63, 3.8) is 0 Å². The van der Waals surface area contributed by atoms with Crippen LogP contribution in [0.1, 0.15) is 12.5 Å². The Kier molecular flexibility index (Phi) is 3.77. The number of rotatable bonds is 4. The molecule has 1 atom stereocenters. The van der Waals surface area contributed by atoms with E-state index in [0.717, 1.165) is 0 Å². The Bertz CT molecular complexity index is 434. The average Bonchev–Trinajstić information content (AvgIpc) is 2.15.